The van der Waals surface area contributed by atoms with E-state index in [-0.39, 0.29) is 17.3 Å². The van der Waals surface area contributed by atoms with Crippen molar-refractivity contribution in [2.24, 2.45) is 0 Å². The maximum absolute atomic E-state index is 13.8. The quantitative estimate of drug-likeness (QED) is 0.413. The van der Waals surface area contributed by atoms with E-state index in [0.717, 1.165) is 15.4 Å². The van der Waals surface area contributed by atoms with Crippen LogP contribution in [0.4, 0.5) is 5.69 Å². The Morgan fingerprint density at radius 3 is 2.11 bits per heavy atom. The average Bonchev–Trinajstić information content (AvgIpc) is 2.92. The van der Waals surface area contributed by atoms with E-state index in [2.05, 4.69) is 5.32 Å². The molecule has 0 aliphatic carbocycles. The van der Waals surface area contributed by atoms with Crippen molar-refractivity contribution in [2.75, 3.05) is 25.0 Å². The van der Waals surface area contributed by atoms with Crippen LogP contribution in [-0.2, 0) is 26.2 Å². The first-order chi connectivity index (χ1) is 17.7. The van der Waals surface area contributed by atoms with Crippen LogP contribution in [0.3, 0.4) is 0 Å². The van der Waals surface area contributed by atoms with E-state index >= 15 is 0 Å². The molecule has 0 spiro atoms. The fraction of sp³-hybridized carbons (Fsp3) is 0.286. The second-order valence-corrected chi connectivity index (χ2v) is 10.4. The van der Waals surface area contributed by atoms with Gasteiger partial charge in [0.2, 0.25) is 11.8 Å². The molecule has 1 atom stereocenters. The monoisotopic (exact) mass is 523 g/mol. The summed E-state index contributed by atoms with van der Waals surface area (Å²) in [6, 6.07) is 21.3. The molecule has 2 amide bonds. The van der Waals surface area contributed by atoms with Crippen LogP contribution in [0.15, 0.2) is 83.8 Å². The van der Waals surface area contributed by atoms with E-state index in [0.29, 0.717) is 17.9 Å². The van der Waals surface area contributed by atoms with E-state index in [4.69, 9.17) is 4.74 Å². The number of nitrogens with zero attached hydrogens (tertiary/aromatic N) is 2. The number of nitrogens with one attached hydrogen (secondary N) is 1. The summed E-state index contributed by atoms with van der Waals surface area (Å²) in [6.45, 7) is 3.46. The van der Waals surface area contributed by atoms with E-state index in [1.54, 1.807) is 42.5 Å². The van der Waals surface area contributed by atoms with Crippen molar-refractivity contribution < 1.29 is 22.7 Å². The van der Waals surface area contributed by atoms with Crippen molar-refractivity contribution in [1.82, 2.24) is 10.2 Å². The summed E-state index contributed by atoms with van der Waals surface area (Å²) in [5.41, 5.74) is 2.21. The van der Waals surface area contributed by atoms with Crippen LogP contribution in [0, 0.1) is 6.92 Å². The summed E-state index contributed by atoms with van der Waals surface area (Å²) >= 11 is 0. The van der Waals surface area contributed by atoms with E-state index < -0.39 is 28.5 Å². The van der Waals surface area contributed by atoms with Crippen molar-refractivity contribution >= 4 is 27.5 Å². The predicted octanol–water partition coefficient (Wildman–Crippen LogP) is 3.75. The van der Waals surface area contributed by atoms with Crippen LogP contribution in [0.1, 0.15) is 24.5 Å². The minimum atomic E-state index is -4.09. The van der Waals surface area contributed by atoms with Crippen LogP contribution < -0.4 is 14.4 Å². The van der Waals surface area contributed by atoms with Gasteiger partial charge >= 0.3 is 0 Å². The number of hydrogen-bond acceptors (Lipinski definition) is 5. The molecule has 196 valence electrons. The van der Waals surface area contributed by atoms with Gasteiger partial charge in [0.05, 0.1) is 17.7 Å². The molecule has 0 radical (unpaired) electrons. The number of likely N-dealkylation sites (N-methyl/N-ethyl adjacent to an activating group) is 1. The molecule has 1 N–H and O–H groups in total. The smallest absolute Gasteiger partial charge is 0.264 e. The largest absolute Gasteiger partial charge is 0.497 e. The molecule has 37 heavy (non-hydrogen) atoms. The molecule has 3 aromatic carbocycles. The molecular formula is C28H33N3O5S. The third-order valence-electron chi connectivity index (χ3n) is 6.08. The fourth-order valence-electron chi connectivity index (χ4n) is 3.97. The minimum absolute atomic E-state index is 0.0574. The lowest BCUT2D eigenvalue weighted by Gasteiger charge is -2.33. The number of methoxy groups -OCH3 is 1. The van der Waals surface area contributed by atoms with Gasteiger partial charge in [-0.05, 0) is 55.3 Å². The topological polar surface area (TPSA) is 96.0 Å². The summed E-state index contributed by atoms with van der Waals surface area (Å²) in [7, 11) is -1.06. The lowest BCUT2D eigenvalue weighted by atomic mass is 10.1. The molecule has 9 heteroatoms. The maximum atomic E-state index is 13.8. The molecule has 8 nitrogen and oxygen atoms in total. The second kappa shape index (κ2) is 12.4. The summed E-state index contributed by atoms with van der Waals surface area (Å²) in [4.78, 5) is 28.1. The summed E-state index contributed by atoms with van der Waals surface area (Å²) in [5.74, 6) is -0.255. The van der Waals surface area contributed by atoms with Gasteiger partial charge in [0, 0.05) is 13.6 Å². The molecule has 1 unspecified atom stereocenters. The molecule has 3 aromatic rings. The average molecular weight is 524 g/mol. The van der Waals surface area contributed by atoms with Gasteiger partial charge in [0.25, 0.3) is 10.0 Å². The normalized spacial score (nSPS) is 11.9. The zero-order valence-electron chi connectivity index (χ0n) is 21.5. The van der Waals surface area contributed by atoms with Crippen LogP contribution in [0.5, 0.6) is 5.75 Å². The van der Waals surface area contributed by atoms with Crippen molar-refractivity contribution in [2.45, 2.75) is 37.8 Å². The molecule has 0 heterocycles. The number of sulfonamides is 1. The first-order valence-corrected chi connectivity index (χ1v) is 13.4. The van der Waals surface area contributed by atoms with Gasteiger partial charge in [0.1, 0.15) is 18.3 Å². The molecule has 3 rings (SSSR count). The van der Waals surface area contributed by atoms with Crippen molar-refractivity contribution in [3.05, 3.63) is 90.0 Å². The number of carbonyl (C=O) groups excluding carboxylic acids is 2. The number of carbonyl (C=O) groups is 2. The second-order valence-electron chi connectivity index (χ2n) is 8.57. The van der Waals surface area contributed by atoms with Gasteiger partial charge in [-0.1, -0.05) is 55.0 Å². The number of hydrogen-bond donors (Lipinski definition) is 1. The van der Waals surface area contributed by atoms with Crippen LogP contribution in [-0.4, -0.2) is 51.9 Å². The first kappa shape index (κ1) is 27.7. The molecule has 0 fully saturated rings. The number of amides is 2. The summed E-state index contributed by atoms with van der Waals surface area (Å²) in [5, 5.41) is 2.62. The highest BCUT2D eigenvalue weighted by Gasteiger charge is 2.33. The Balaban J connectivity index is 2.04. The SMILES string of the molecule is CCC(C(=O)NC)N(Cc1ccc(C)cc1)C(=O)CN(c1ccc(OC)cc1)S(=O)(=O)c1ccccc1. The van der Waals surface area contributed by atoms with E-state index in [1.165, 1.54) is 31.2 Å². The Hall–Kier alpha value is -3.85. The Kier molecular flexibility index (Phi) is 9.30. The lowest BCUT2D eigenvalue weighted by molar-refractivity contribution is -0.140. The van der Waals surface area contributed by atoms with Crippen molar-refractivity contribution in [1.29, 1.82) is 0 Å². The van der Waals surface area contributed by atoms with Gasteiger partial charge in [-0.15, -0.1) is 0 Å². The third-order valence-corrected chi connectivity index (χ3v) is 7.86. The highest BCUT2D eigenvalue weighted by molar-refractivity contribution is 7.92. The molecule has 0 aliphatic rings. The van der Waals surface area contributed by atoms with Gasteiger partial charge in [-0.3, -0.25) is 13.9 Å². The lowest BCUT2D eigenvalue weighted by Crippen LogP contribution is -2.51. The highest BCUT2D eigenvalue weighted by Crippen LogP contribution is 2.26. The fourth-order valence-corrected chi connectivity index (χ4v) is 5.41. The van der Waals surface area contributed by atoms with Crippen LogP contribution in [0.25, 0.3) is 0 Å². The molecule has 0 bridgehead atoms. The number of rotatable bonds is 11. The van der Waals surface area contributed by atoms with Crippen LogP contribution >= 0.6 is 0 Å². The van der Waals surface area contributed by atoms with E-state index in [9.17, 15) is 18.0 Å². The van der Waals surface area contributed by atoms with E-state index in [1.807, 2.05) is 38.1 Å². The first-order valence-electron chi connectivity index (χ1n) is 12.0. The van der Waals surface area contributed by atoms with Gasteiger partial charge < -0.3 is 15.0 Å². The van der Waals surface area contributed by atoms with Crippen LogP contribution in [0.2, 0.25) is 0 Å². The number of benzene rings is 3. The number of aryl methyl sites for hydroxylation is 1. The third kappa shape index (κ3) is 6.68. The van der Waals surface area contributed by atoms with Crippen molar-refractivity contribution in [3.8, 4) is 5.75 Å². The molecule has 0 aliphatic heterocycles. The van der Waals surface area contributed by atoms with Gasteiger partial charge in [-0.2, -0.15) is 0 Å². The Morgan fingerprint density at radius 1 is 0.946 bits per heavy atom. The van der Waals surface area contributed by atoms with Gasteiger partial charge in [0.15, 0.2) is 0 Å². The number of ether oxygens (including phenoxy) is 1. The van der Waals surface area contributed by atoms with Crippen molar-refractivity contribution in [3.63, 3.8) is 0 Å². The molecular weight excluding hydrogens is 490 g/mol. The Morgan fingerprint density at radius 2 is 1.57 bits per heavy atom. The Bertz CT molecular complexity index is 1290. The number of anilines is 1. The minimum Gasteiger partial charge on any atom is -0.497 e. The highest BCUT2D eigenvalue weighted by atomic mass is 32.2. The molecule has 0 saturated heterocycles. The molecule has 0 aromatic heterocycles. The Labute approximate surface area is 218 Å². The summed E-state index contributed by atoms with van der Waals surface area (Å²) in [6.07, 6.45) is 0.366. The molecule has 0 saturated carbocycles. The standard InChI is InChI=1S/C28H33N3O5S/c1-5-26(28(33)29-3)30(19-22-13-11-21(2)12-14-22)27(32)20-31(23-15-17-24(36-4)18-16-23)37(34,35)25-9-7-6-8-10-25/h6-18,26H,5,19-20H2,1-4H3,(H,29,33). The van der Waals surface area contributed by atoms with Gasteiger partial charge in [-0.25, -0.2) is 8.42 Å². The predicted molar refractivity (Wildman–Crippen MR) is 144 cm³/mol. The zero-order chi connectivity index (χ0) is 27.0. The zero-order valence-corrected chi connectivity index (χ0v) is 22.4. The summed E-state index contributed by atoms with van der Waals surface area (Å²) < 4.78 is 33.7. The maximum Gasteiger partial charge on any atom is 0.264 e.